The van der Waals surface area contributed by atoms with E-state index in [9.17, 15) is 9.59 Å². The monoisotopic (exact) mass is 177 g/mol. The molecule has 0 aliphatic heterocycles. The maximum Gasteiger partial charge on any atom is 0.177 e. The van der Waals surface area contributed by atoms with Crippen molar-refractivity contribution in [2.45, 2.75) is 6.92 Å². The first-order chi connectivity index (χ1) is 6.16. The zero-order valence-corrected chi connectivity index (χ0v) is 7.41. The third kappa shape index (κ3) is 2.00. The SMILES string of the molecule is CC(=O)c1ccccc1C(=O)CN. The Hall–Kier alpha value is -1.48. The number of hydrogen-bond acceptors (Lipinski definition) is 3. The topological polar surface area (TPSA) is 60.2 Å². The van der Waals surface area contributed by atoms with Crippen molar-refractivity contribution in [2.75, 3.05) is 6.54 Å². The Morgan fingerprint density at radius 2 is 1.77 bits per heavy atom. The van der Waals surface area contributed by atoms with Crippen molar-refractivity contribution in [1.82, 2.24) is 0 Å². The van der Waals surface area contributed by atoms with E-state index in [2.05, 4.69) is 0 Å². The minimum atomic E-state index is -0.203. The number of Topliss-reactive ketones (excluding diaryl/α,β-unsaturated/α-hetero) is 2. The lowest BCUT2D eigenvalue weighted by Crippen LogP contribution is -2.16. The molecule has 0 fully saturated rings. The van der Waals surface area contributed by atoms with E-state index in [4.69, 9.17) is 5.73 Å². The molecule has 0 heterocycles. The Kier molecular flexibility index (Phi) is 2.93. The van der Waals surface area contributed by atoms with Gasteiger partial charge in [0.2, 0.25) is 0 Å². The summed E-state index contributed by atoms with van der Waals surface area (Å²) in [5.74, 6) is -0.316. The summed E-state index contributed by atoms with van der Waals surface area (Å²) in [6.07, 6.45) is 0. The maximum absolute atomic E-state index is 11.3. The first-order valence-corrected chi connectivity index (χ1v) is 4.00. The van der Waals surface area contributed by atoms with E-state index >= 15 is 0 Å². The second kappa shape index (κ2) is 3.96. The van der Waals surface area contributed by atoms with Gasteiger partial charge in [0.05, 0.1) is 6.54 Å². The molecule has 0 saturated heterocycles. The first-order valence-electron chi connectivity index (χ1n) is 4.00. The fourth-order valence-electron chi connectivity index (χ4n) is 1.14. The molecule has 0 amide bonds. The molecule has 3 heteroatoms. The minimum absolute atomic E-state index is 0.0652. The van der Waals surface area contributed by atoms with Crippen LogP contribution in [0, 0.1) is 0 Å². The van der Waals surface area contributed by atoms with Crippen molar-refractivity contribution < 1.29 is 9.59 Å². The highest BCUT2D eigenvalue weighted by atomic mass is 16.1. The molecule has 1 rings (SSSR count). The predicted molar refractivity (Wildman–Crippen MR) is 49.8 cm³/mol. The standard InChI is InChI=1S/C10H11NO2/c1-7(12)8-4-2-3-5-9(8)10(13)6-11/h2-5H,6,11H2,1H3. The molecule has 0 atom stereocenters. The Morgan fingerprint density at radius 3 is 2.23 bits per heavy atom. The molecular formula is C10H11NO2. The fourth-order valence-corrected chi connectivity index (χ4v) is 1.14. The van der Waals surface area contributed by atoms with Gasteiger partial charge in [-0.15, -0.1) is 0 Å². The molecule has 3 nitrogen and oxygen atoms in total. The van der Waals surface area contributed by atoms with Crippen LogP contribution < -0.4 is 5.73 Å². The number of hydrogen-bond donors (Lipinski definition) is 1. The molecule has 0 spiro atoms. The first kappa shape index (κ1) is 9.61. The van der Waals surface area contributed by atoms with Gasteiger partial charge in [-0.25, -0.2) is 0 Å². The van der Waals surface area contributed by atoms with Crippen LogP contribution in [0.25, 0.3) is 0 Å². The minimum Gasteiger partial charge on any atom is -0.324 e. The molecule has 2 N–H and O–H groups in total. The highest BCUT2D eigenvalue weighted by Gasteiger charge is 2.11. The molecule has 68 valence electrons. The van der Waals surface area contributed by atoms with Crippen molar-refractivity contribution in [1.29, 1.82) is 0 Å². The Morgan fingerprint density at radius 1 is 1.23 bits per heavy atom. The summed E-state index contributed by atoms with van der Waals surface area (Å²) < 4.78 is 0. The van der Waals surface area contributed by atoms with Gasteiger partial charge in [0, 0.05) is 11.1 Å². The van der Waals surface area contributed by atoms with Gasteiger partial charge in [-0.1, -0.05) is 24.3 Å². The maximum atomic E-state index is 11.3. The summed E-state index contributed by atoms with van der Waals surface area (Å²) in [4.78, 5) is 22.4. The second-order valence-electron chi connectivity index (χ2n) is 2.73. The molecule has 0 saturated carbocycles. The predicted octanol–water partition coefficient (Wildman–Crippen LogP) is 1.03. The van der Waals surface area contributed by atoms with Crippen LogP contribution in [0.15, 0.2) is 24.3 Å². The lowest BCUT2D eigenvalue weighted by atomic mass is 10.0. The van der Waals surface area contributed by atoms with E-state index < -0.39 is 0 Å². The Labute approximate surface area is 76.6 Å². The number of carbonyl (C=O) groups excluding carboxylic acids is 2. The molecule has 1 aromatic carbocycles. The number of benzene rings is 1. The Bertz CT molecular complexity index is 345. The van der Waals surface area contributed by atoms with E-state index in [1.165, 1.54) is 6.92 Å². The summed E-state index contributed by atoms with van der Waals surface area (Å²) in [6, 6.07) is 6.69. The molecule has 0 radical (unpaired) electrons. The van der Waals surface area contributed by atoms with Crippen molar-refractivity contribution in [3.63, 3.8) is 0 Å². The number of carbonyl (C=O) groups is 2. The summed E-state index contributed by atoms with van der Waals surface area (Å²) in [5.41, 5.74) is 6.07. The summed E-state index contributed by atoms with van der Waals surface area (Å²) >= 11 is 0. The number of rotatable bonds is 3. The van der Waals surface area contributed by atoms with Crippen LogP contribution in [0.1, 0.15) is 27.6 Å². The van der Waals surface area contributed by atoms with E-state index in [-0.39, 0.29) is 18.1 Å². The molecule has 0 bridgehead atoms. The molecule has 0 aliphatic rings. The number of ketones is 2. The zero-order chi connectivity index (χ0) is 9.84. The van der Waals surface area contributed by atoms with E-state index in [0.29, 0.717) is 11.1 Å². The molecule has 0 unspecified atom stereocenters. The lowest BCUT2D eigenvalue weighted by Gasteiger charge is -2.02. The quantitative estimate of drug-likeness (QED) is 0.701. The van der Waals surface area contributed by atoms with Gasteiger partial charge >= 0.3 is 0 Å². The van der Waals surface area contributed by atoms with E-state index in [0.717, 1.165) is 0 Å². The van der Waals surface area contributed by atoms with Crippen molar-refractivity contribution in [3.05, 3.63) is 35.4 Å². The highest BCUT2D eigenvalue weighted by Crippen LogP contribution is 2.09. The second-order valence-corrected chi connectivity index (χ2v) is 2.73. The molecule has 13 heavy (non-hydrogen) atoms. The van der Waals surface area contributed by atoms with Crippen LogP contribution in [0.2, 0.25) is 0 Å². The van der Waals surface area contributed by atoms with Crippen LogP contribution >= 0.6 is 0 Å². The Balaban J connectivity index is 3.19. The van der Waals surface area contributed by atoms with Crippen LogP contribution in [0.3, 0.4) is 0 Å². The van der Waals surface area contributed by atoms with Crippen molar-refractivity contribution >= 4 is 11.6 Å². The summed E-state index contributed by atoms with van der Waals surface area (Å²) in [6.45, 7) is 1.37. The average Bonchev–Trinajstić information content (AvgIpc) is 2.16. The van der Waals surface area contributed by atoms with Crippen molar-refractivity contribution in [3.8, 4) is 0 Å². The summed E-state index contributed by atoms with van der Waals surface area (Å²) in [5, 5.41) is 0. The van der Waals surface area contributed by atoms with Crippen LogP contribution in [0.4, 0.5) is 0 Å². The number of nitrogens with two attached hydrogens (primary N) is 1. The zero-order valence-electron chi connectivity index (χ0n) is 7.41. The van der Waals surface area contributed by atoms with Gasteiger partial charge in [-0.3, -0.25) is 9.59 Å². The van der Waals surface area contributed by atoms with Crippen LogP contribution in [-0.2, 0) is 0 Å². The smallest absolute Gasteiger partial charge is 0.177 e. The van der Waals surface area contributed by atoms with Gasteiger partial charge < -0.3 is 5.73 Å². The van der Waals surface area contributed by atoms with Gasteiger partial charge in [0.1, 0.15) is 0 Å². The van der Waals surface area contributed by atoms with Gasteiger partial charge in [-0.2, -0.15) is 0 Å². The van der Waals surface area contributed by atoms with Crippen molar-refractivity contribution in [2.24, 2.45) is 5.73 Å². The molecule has 1 aromatic rings. The van der Waals surface area contributed by atoms with Crippen LogP contribution in [-0.4, -0.2) is 18.1 Å². The van der Waals surface area contributed by atoms with E-state index in [1.54, 1.807) is 24.3 Å². The third-order valence-electron chi connectivity index (χ3n) is 1.79. The lowest BCUT2D eigenvalue weighted by molar-refractivity contribution is 0.0974. The fraction of sp³-hybridized carbons (Fsp3) is 0.200. The highest BCUT2D eigenvalue weighted by molar-refractivity contribution is 6.08. The van der Waals surface area contributed by atoms with Gasteiger partial charge in [0.15, 0.2) is 11.6 Å². The summed E-state index contributed by atoms with van der Waals surface area (Å²) in [7, 11) is 0. The molecular weight excluding hydrogens is 166 g/mol. The normalized spacial score (nSPS) is 9.69. The van der Waals surface area contributed by atoms with Crippen LogP contribution in [0.5, 0.6) is 0 Å². The molecule has 0 aromatic heterocycles. The molecule has 0 aliphatic carbocycles. The average molecular weight is 177 g/mol. The largest absolute Gasteiger partial charge is 0.324 e. The van der Waals surface area contributed by atoms with Gasteiger partial charge in [-0.05, 0) is 6.92 Å². The third-order valence-corrected chi connectivity index (χ3v) is 1.79. The van der Waals surface area contributed by atoms with Gasteiger partial charge in [0.25, 0.3) is 0 Å². The van der Waals surface area contributed by atoms with E-state index in [1.807, 2.05) is 0 Å².